The highest BCUT2D eigenvalue weighted by molar-refractivity contribution is 6.18. The van der Waals surface area contributed by atoms with E-state index < -0.39 is 18.0 Å². The fourth-order valence-corrected chi connectivity index (χ4v) is 1.28. The highest BCUT2D eigenvalue weighted by Gasteiger charge is 2.18. The number of halogens is 2. The number of nitrogen functional groups attached to an aromatic ring is 1. The zero-order valence-corrected chi connectivity index (χ0v) is 8.08. The van der Waals surface area contributed by atoms with Gasteiger partial charge in [0.1, 0.15) is 11.9 Å². The SMILES string of the molecule is Nc1cc(F)cc(C(O)C(O)CCl)c1. The van der Waals surface area contributed by atoms with Gasteiger partial charge in [-0.15, -0.1) is 11.6 Å². The first-order chi connectivity index (χ1) is 6.54. The molecule has 4 N–H and O–H groups in total. The van der Waals surface area contributed by atoms with Crippen molar-refractivity contribution in [2.75, 3.05) is 11.6 Å². The Morgan fingerprint density at radius 2 is 2.00 bits per heavy atom. The zero-order valence-electron chi connectivity index (χ0n) is 7.32. The van der Waals surface area contributed by atoms with Crippen LogP contribution in [0.15, 0.2) is 18.2 Å². The zero-order chi connectivity index (χ0) is 10.7. The van der Waals surface area contributed by atoms with Gasteiger partial charge in [-0.05, 0) is 23.8 Å². The fraction of sp³-hybridized carbons (Fsp3) is 0.333. The summed E-state index contributed by atoms with van der Waals surface area (Å²) < 4.78 is 12.8. The maximum absolute atomic E-state index is 12.8. The topological polar surface area (TPSA) is 66.5 Å². The Labute approximate surface area is 85.9 Å². The molecule has 0 saturated carbocycles. The Morgan fingerprint density at radius 3 is 2.50 bits per heavy atom. The second kappa shape index (κ2) is 4.59. The van der Waals surface area contributed by atoms with E-state index in [-0.39, 0.29) is 17.1 Å². The molecule has 1 aromatic rings. The third-order valence-electron chi connectivity index (χ3n) is 1.81. The Morgan fingerprint density at radius 1 is 1.36 bits per heavy atom. The normalized spacial score (nSPS) is 15.1. The minimum Gasteiger partial charge on any atom is -0.399 e. The molecule has 0 aliphatic rings. The van der Waals surface area contributed by atoms with Crippen molar-refractivity contribution in [2.45, 2.75) is 12.2 Å². The molecule has 2 atom stereocenters. The lowest BCUT2D eigenvalue weighted by Crippen LogP contribution is -2.19. The van der Waals surface area contributed by atoms with E-state index in [2.05, 4.69) is 0 Å². The van der Waals surface area contributed by atoms with Crippen molar-refractivity contribution in [1.82, 2.24) is 0 Å². The van der Waals surface area contributed by atoms with Crippen LogP contribution in [-0.4, -0.2) is 22.2 Å². The number of alkyl halides is 1. The molecule has 0 fully saturated rings. The van der Waals surface area contributed by atoms with Gasteiger partial charge in [0.15, 0.2) is 0 Å². The predicted molar refractivity (Wildman–Crippen MR) is 52.5 cm³/mol. The van der Waals surface area contributed by atoms with Crippen molar-refractivity contribution >= 4 is 17.3 Å². The Balaban J connectivity index is 2.94. The van der Waals surface area contributed by atoms with Crippen LogP contribution in [0.5, 0.6) is 0 Å². The van der Waals surface area contributed by atoms with Gasteiger partial charge >= 0.3 is 0 Å². The Hall–Kier alpha value is -0.840. The van der Waals surface area contributed by atoms with Crippen molar-refractivity contribution in [1.29, 1.82) is 0 Å². The van der Waals surface area contributed by atoms with Crippen molar-refractivity contribution in [3.8, 4) is 0 Å². The van der Waals surface area contributed by atoms with Gasteiger partial charge in [0.05, 0.1) is 12.0 Å². The molecule has 0 spiro atoms. The molecule has 1 rings (SSSR count). The van der Waals surface area contributed by atoms with Crippen LogP contribution in [0, 0.1) is 5.82 Å². The molecule has 0 aliphatic carbocycles. The first kappa shape index (κ1) is 11.2. The quantitative estimate of drug-likeness (QED) is 0.526. The number of benzene rings is 1. The summed E-state index contributed by atoms with van der Waals surface area (Å²) in [5.74, 6) is -0.682. The second-order valence-corrected chi connectivity index (χ2v) is 3.29. The van der Waals surface area contributed by atoms with E-state index >= 15 is 0 Å². The molecule has 0 bridgehead atoms. The summed E-state index contributed by atoms with van der Waals surface area (Å²) >= 11 is 5.34. The van der Waals surface area contributed by atoms with Gasteiger partial charge in [0.2, 0.25) is 0 Å². The van der Waals surface area contributed by atoms with E-state index in [1.54, 1.807) is 0 Å². The fourth-order valence-electron chi connectivity index (χ4n) is 1.11. The van der Waals surface area contributed by atoms with Crippen LogP contribution in [0.25, 0.3) is 0 Å². The van der Waals surface area contributed by atoms with E-state index in [0.29, 0.717) is 0 Å². The van der Waals surface area contributed by atoms with Crippen molar-refractivity contribution in [3.05, 3.63) is 29.6 Å². The number of hydrogen-bond acceptors (Lipinski definition) is 3. The number of nitrogens with two attached hydrogens (primary N) is 1. The molecule has 0 aromatic heterocycles. The average molecular weight is 220 g/mol. The minimum absolute atomic E-state index is 0.127. The molecule has 0 heterocycles. The maximum Gasteiger partial charge on any atom is 0.125 e. The molecule has 0 saturated heterocycles. The molecule has 2 unspecified atom stereocenters. The largest absolute Gasteiger partial charge is 0.399 e. The van der Waals surface area contributed by atoms with E-state index in [1.807, 2.05) is 0 Å². The summed E-state index contributed by atoms with van der Waals surface area (Å²) in [7, 11) is 0. The summed E-state index contributed by atoms with van der Waals surface area (Å²) in [6.07, 6.45) is -2.34. The Bertz CT molecular complexity index is 301. The van der Waals surface area contributed by atoms with Gasteiger partial charge in [0.25, 0.3) is 0 Å². The number of aliphatic hydroxyl groups excluding tert-OH is 2. The third kappa shape index (κ3) is 2.57. The number of aliphatic hydroxyl groups is 2. The van der Waals surface area contributed by atoms with Crippen LogP contribution >= 0.6 is 11.6 Å². The van der Waals surface area contributed by atoms with E-state index in [4.69, 9.17) is 17.3 Å². The van der Waals surface area contributed by atoms with Gasteiger partial charge in [-0.3, -0.25) is 0 Å². The molecular formula is C9H11ClFNO2. The van der Waals surface area contributed by atoms with Crippen LogP contribution in [-0.2, 0) is 0 Å². The third-order valence-corrected chi connectivity index (χ3v) is 2.12. The van der Waals surface area contributed by atoms with Crippen LogP contribution in [0.4, 0.5) is 10.1 Å². The lowest BCUT2D eigenvalue weighted by Gasteiger charge is -2.16. The summed E-state index contributed by atoms with van der Waals surface area (Å²) in [5.41, 5.74) is 5.79. The van der Waals surface area contributed by atoms with E-state index in [9.17, 15) is 14.6 Å². The standard InChI is InChI=1S/C9H11ClFNO2/c10-4-8(13)9(14)5-1-6(11)3-7(12)2-5/h1-3,8-9,13-14H,4,12H2. The Kier molecular flexibility index (Phi) is 3.69. The summed E-state index contributed by atoms with van der Waals surface area (Å²) in [6.45, 7) is 0. The molecule has 0 aliphatic heterocycles. The van der Waals surface area contributed by atoms with Crippen molar-refractivity contribution in [2.24, 2.45) is 0 Å². The lowest BCUT2D eigenvalue weighted by atomic mass is 10.0. The average Bonchev–Trinajstić information content (AvgIpc) is 2.14. The molecular weight excluding hydrogens is 209 g/mol. The minimum atomic E-state index is -1.22. The second-order valence-electron chi connectivity index (χ2n) is 2.98. The molecule has 1 aromatic carbocycles. The number of rotatable bonds is 3. The highest BCUT2D eigenvalue weighted by Crippen LogP contribution is 2.21. The molecule has 14 heavy (non-hydrogen) atoms. The van der Waals surface area contributed by atoms with Crippen LogP contribution in [0.1, 0.15) is 11.7 Å². The predicted octanol–water partition coefficient (Wildman–Crippen LogP) is 1.04. The van der Waals surface area contributed by atoms with Gasteiger partial charge < -0.3 is 15.9 Å². The molecule has 0 amide bonds. The smallest absolute Gasteiger partial charge is 0.125 e. The molecule has 5 heteroatoms. The van der Waals surface area contributed by atoms with Gasteiger partial charge in [-0.25, -0.2) is 4.39 Å². The van der Waals surface area contributed by atoms with Gasteiger partial charge in [-0.2, -0.15) is 0 Å². The summed E-state index contributed by atoms with van der Waals surface area (Å²) in [6, 6.07) is 3.63. The van der Waals surface area contributed by atoms with E-state index in [0.717, 1.165) is 12.1 Å². The van der Waals surface area contributed by atoms with Crippen LogP contribution in [0.2, 0.25) is 0 Å². The number of hydrogen-bond donors (Lipinski definition) is 3. The summed E-state index contributed by atoms with van der Waals surface area (Å²) in [4.78, 5) is 0. The molecule has 78 valence electrons. The molecule has 3 nitrogen and oxygen atoms in total. The first-order valence-electron chi connectivity index (χ1n) is 4.02. The van der Waals surface area contributed by atoms with Crippen LogP contribution < -0.4 is 5.73 Å². The molecule has 0 radical (unpaired) electrons. The maximum atomic E-state index is 12.8. The van der Waals surface area contributed by atoms with Gasteiger partial charge in [-0.1, -0.05) is 0 Å². The van der Waals surface area contributed by atoms with Crippen molar-refractivity contribution in [3.63, 3.8) is 0 Å². The van der Waals surface area contributed by atoms with Gasteiger partial charge in [0, 0.05) is 5.69 Å². The first-order valence-corrected chi connectivity index (χ1v) is 4.56. The monoisotopic (exact) mass is 219 g/mol. The summed E-state index contributed by atoms with van der Waals surface area (Å²) in [5, 5.41) is 18.7. The number of anilines is 1. The highest BCUT2D eigenvalue weighted by atomic mass is 35.5. The van der Waals surface area contributed by atoms with E-state index in [1.165, 1.54) is 6.07 Å². The van der Waals surface area contributed by atoms with Crippen LogP contribution in [0.3, 0.4) is 0 Å². The van der Waals surface area contributed by atoms with Crippen molar-refractivity contribution < 1.29 is 14.6 Å². The lowest BCUT2D eigenvalue weighted by molar-refractivity contribution is 0.0326.